The standard InChI is InChI=1S/C27H33F2N9O2/c1-34(2)10-11-37(20-4-3-9-36(18-20)23(39)7-8-30)27-24(29)26(35-12-14-40-15-13-35)32-25(33-27)21-16-31-22-6-5-19(28)17-38(21)22/h5-6,16-17,20H,3-4,7,9-15,18H2,1-2H3/t20-/m1/s1. The van der Waals surface area contributed by atoms with Crippen molar-refractivity contribution in [2.75, 3.05) is 76.4 Å². The molecule has 0 spiro atoms. The normalized spacial score (nSPS) is 17.9. The molecule has 0 aromatic carbocycles. The number of likely N-dealkylation sites (N-methyl/N-ethyl adjacent to an activating group) is 1. The second-order valence-corrected chi connectivity index (χ2v) is 10.3. The van der Waals surface area contributed by atoms with Gasteiger partial charge in [-0.3, -0.25) is 9.20 Å². The van der Waals surface area contributed by atoms with Gasteiger partial charge >= 0.3 is 0 Å². The third-order valence-electron chi connectivity index (χ3n) is 7.31. The predicted octanol–water partition coefficient (Wildman–Crippen LogP) is 2.18. The fourth-order valence-corrected chi connectivity index (χ4v) is 5.22. The van der Waals surface area contributed by atoms with E-state index in [0.717, 1.165) is 12.8 Å². The lowest BCUT2D eigenvalue weighted by Crippen LogP contribution is -2.52. The van der Waals surface area contributed by atoms with Crippen LogP contribution in [0.4, 0.5) is 20.4 Å². The topological polar surface area (TPSA) is 106 Å². The van der Waals surface area contributed by atoms with Gasteiger partial charge in [0, 0.05) is 51.5 Å². The average molecular weight is 554 g/mol. The van der Waals surface area contributed by atoms with Crippen LogP contribution in [0.15, 0.2) is 24.5 Å². The van der Waals surface area contributed by atoms with Crippen molar-refractivity contribution in [2.24, 2.45) is 0 Å². The molecule has 5 rings (SSSR count). The number of likely N-dealkylation sites (tertiary alicyclic amines) is 1. The summed E-state index contributed by atoms with van der Waals surface area (Å²) >= 11 is 0. The lowest BCUT2D eigenvalue weighted by Gasteiger charge is -2.41. The van der Waals surface area contributed by atoms with E-state index < -0.39 is 11.6 Å². The summed E-state index contributed by atoms with van der Waals surface area (Å²) in [4.78, 5) is 33.7. The van der Waals surface area contributed by atoms with Gasteiger partial charge in [0.15, 0.2) is 17.5 Å². The molecule has 11 nitrogen and oxygen atoms in total. The Morgan fingerprint density at radius 3 is 2.73 bits per heavy atom. The first-order valence-corrected chi connectivity index (χ1v) is 13.4. The highest BCUT2D eigenvalue weighted by Crippen LogP contribution is 2.32. The van der Waals surface area contributed by atoms with Crippen LogP contribution < -0.4 is 9.80 Å². The average Bonchev–Trinajstić information content (AvgIpc) is 3.37. The molecule has 3 aromatic heterocycles. The zero-order valence-corrected chi connectivity index (χ0v) is 22.8. The largest absolute Gasteiger partial charge is 0.378 e. The smallest absolute Gasteiger partial charge is 0.236 e. The number of piperidine rings is 1. The van der Waals surface area contributed by atoms with Crippen molar-refractivity contribution >= 4 is 23.2 Å². The van der Waals surface area contributed by atoms with Crippen molar-refractivity contribution in [2.45, 2.75) is 25.3 Å². The monoisotopic (exact) mass is 553 g/mol. The first-order chi connectivity index (χ1) is 19.4. The Labute approximate surface area is 231 Å². The third-order valence-corrected chi connectivity index (χ3v) is 7.31. The molecule has 2 saturated heterocycles. The highest BCUT2D eigenvalue weighted by Gasteiger charge is 2.33. The number of hydrogen-bond acceptors (Lipinski definition) is 9. The number of pyridine rings is 1. The molecule has 40 heavy (non-hydrogen) atoms. The molecule has 2 aliphatic heterocycles. The minimum Gasteiger partial charge on any atom is -0.378 e. The van der Waals surface area contributed by atoms with E-state index in [1.807, 2.05) is 34.9 Å². The minimum absolute atomic E-state index is 0.124. The number of carbonyl (C=O) groups is 1. The molecule has 13 heteroatoms. The number of rotatable bonds is 8. The van der Waals surface area contributed by atoms with E-state index in [0.29, 0.717) is 63.8 Å². The number of amides is 1. The van der Waals surface area contributed by atoms with Crippen molar-refractivity contribution in [3.05, 3.63) is 36.2 Å². The number of nitrogens with zero attached hydrogens (tertiary/aromatic N) is 9. The first kappa shape index (κ1) is 27.7. The lowest BCUT2D eigenvalue weighted by molar-refractivity contribution is -0.131. The summed E-state index contributed by atoms with van der Waals surface area (Å²) in [7, 11) is 3.88. The number of nitriles is 1. The molecule has 0 radical (unpaired) electrons. The van der Waals surface area contributed by atoms with E-state index in [9.17, 15) is 9.18 Å². The van der Waals surface area contributed by atoms with Crippen LogP contribution in [0.2, 0.25) is 0 Å². The number of fused-ring (bicyclic) bond motifs is 1. The molecular weight excluding hydrogens is 520 g/mol. The fourth-order valence-electron chi connectivity index (χ4n) is 5.22. The highest BCUT2D eigenvalue weighted by molar-refractivity contribution is 5.78. The van der Waals surface area contributed by atoms with Gasteiger partial charge in [-0.1, -0.05) is 0 Å². The van der Waals surface area contributed by atoms with Gasteiger partial charge in [-0.05, 0) is 39.1 Å². The maximum absolute atomic E-state index is 16.5. The van der Waals surface area contributed by atoms with Crippen molar-refractivity contribution in [3.8, 4) is 17.6 Å². The van der Waals surface area contributed by atoms with E-state index >= 15 is 4.39 Å². The molecule has 1 atom stereocenters. The number of anilines is 2. The van der Waals surface area contributed by atoms with E-state index in [1.165, 1.54) is 12.3 Å². The first-order valence-electron chi connectivity index (χ1n) is 13.4. The van der Waals surface area contributed by atoms with Crippen LogP contribution in [-0.2, 0) is 9.53 Å². The van der Waals surface area contributed by atoms with Crippen molar-refractivity contribution in [3.63, 3.8) is 0 Å². The lowest BCUT2D eigenvalue weighted by atomic mass is 10.0. The third kappa shape index (κ3) is 5.83. The number of aromatic nitrogens is 4. The number of hydrogen-bond donors (Lipinski definition) is 0. The molecule has 0 unspecified atom stereocenters. The number of imidazole rings is 1. The second kappa shape index (κ2) is 12.1. The molecule has 2 fully saturated rings. The zero-order chi connectivity index (χ0) is 28.2. The molecule has 0 aliphatic carbocycles. The summed E-state index contributed by atoms with van der Waals surface area (Å²) < 4.78 is 37.7. The quantitative estimate of drug-likeness (QED) is 0.415. The fraction of sp³-hybridized carbons (Fsp3) is 0.519. The molecule has 2 aliphatic rings. The Kier molecular flexibility index (Phi) is 8.37. The van der Waals surface area contributed by atoms with Gasteiger partial charge in [0.2, 0.25) is 11.7 Å². The van der Waals surface area contributed by atoms with E-state index in [-0.39, 0.29) is 35.8 Å². The molecule has 0 bridgehead atoms. The Bertz CT molecular complexity index is 1400. The van der Waals surface area contributed by atoms with Crippen LogP contribution in [0.25, 0.3) is 17.2 Å². The molecule has 5 heterocycles. The number of halogens is 2. The van der Waals surface area contributed by atoms with Crippen LogP contribution in [0, 0.1) is 23.0 Å². The van der Waals surface area contributed by atoms with Gasteiger partial charge in [0.1, 0.15) is 23.6 Å². The van der Waals surface area contributed by atoms with Gasteiger partial charge in [-0.2, -0.15) is 9.65 Å². The van der Waals surface area contributed by atoms with Gasteiger partial charge in [0.05, 0.1) is 25.5 Å². The Balaban J connectivity index is 1.62. The predicted molar refractivity (Wildman–Crippen MR) is 145 cm³/mol. The maximum atomic E-state index is 16.5. The van der Waals surface area contributed by atoms with Crippen molar-refractivity contribution < 1.29 is 18.3 Å². The van der Waals surface area contributed by atoms with E-state index in [1.54, 1.807) is 21.6 Å². The SMILES string of the molecule is CN(C)CCN(c1nc(-c2cnc3ccc(F)cn23)nc(N2CCOCC2)c1F)[C@@H]1CCCN(C(=O)CC#N)C1. The summed E-state index contributed by atoms with van der Waals surface area (Å²) in [5, 5.41) is 9.05. The minimum atomic E-state index is -0.551. The Hall–Kier alpha value is -3.89. The summed E-state index contributed by atoms with van der Waals surface area (Å²) in [5.41, 5.74) is 0.953. The van der Waals surface area contributed by atoms with Crippen LogP contribution in [0.1, 0.15) is 19.3 Å². The number of carbonyl (C=O) groups excluding carboxylic acids is 1. The van der Waals surface area contributed by atoms with E-state index in [2.05, 4.69) is 9.97 Å². The summed E-state index contributed by atoms with van der Waals surface area (Å²) in [6.07, 6.45) is 4.13. The summed E-state index contributed by atoms with van der Waals surface area (Å²) in [6.45, 7) is 3.81. The van der Waals surface area contributed by atoms with Gasteiger partial charge in [0.25, 0.3) is 0 Å². The van der Waals surface area contributed by atoms with E-state index in [4.69, 9.17) is 15.0 Å². The Morgan fingerprint density at radius 2 is 1.98 bits per heavy atom. The second-order valence-electron chi connectivity index (χ2n) is 10.3. The molecule has 212 valence electrons. The van der Waals surface area contributed by atoms with Gasteiger partial charge < -0.3 is 24.3 Å². The number of morpholine rings is 1. The van der Waals surface area contributed by atoms with Crippen LogP contribution in [-0.4, -0.2) is 108 Å². The van der Waals surface area contributed by atoms with Crippen molar-refractivity contribution in [1.29, 1.82) is 5.26 Å². The number of ether oxygens (including phenoxy) is 1. The molecule has 1 amide bonds. The van der Waals surface area contributed by atoms with Crippen molar-refractivity contribution in [1.82, 2.24) is 29.2 Å². The van der Waals surface area contributed by atoms with Crippen LogP contribution >= 0.6 is 0 Å². The molecular formula is C27H33F2N9O2. The molecule has 3 aromatic rings. The van der Waals surface area contributed by atoms with Gasteiger partial charge in [-0.15, -0.1) is 0 Å². The summed E-state index contributed by atoms with van der Waals surface area (Å²) in [6, 6.07) is 4.60. The highest BCUT2D eigenvalue weighted by atomic mass is 19.1. The molecule has 0 saturated carbocycles. The molecule has 0 N–H and O–H groups in total. The Morgan fingerprint density at radius 1 is 1.18 bits per heavy atom. The maximum Gasteiger partial charge on any atom is 0.236 e. The van der Waals surface area contributed by atoms with Crippen LogP contribution in [0.5, 0.6) is 0 Å². The zero-order valence-electron chi connectivity index (χ0n) is 22.8. The van der Waals surface area contributed by atoms with Crippen LogP contribution in [0.3, 0.4) is 0 Å². The summed E-state index contributed by atoms with van der Waals surface area (Å²) in [5.74, 6) is -0.731. The van der Waals surface area contributed by atoms with Gasteiger partial charge in [-0.25, -0.2) is 19.3 Å².